The van der Waals surface area contributed by atoms with Crippen LogP contribution in [0.2, 0.25) is 0 Å². The van der Waals surface area contributed by atoms with E-state index < -0.39 is 17.7 Å². The Morgan fingerprint density at radius 1 is 1.00 bits per heavy atom. The number of rotatable bonds is 4. The van der Waals surface area contributed by atoms with Crippen LogP contribution in [0.3, 0.4) is 0 Å². The van der Waals surface area contributed by atoms with Crippen LogP contribution in [0.15, 0.2) is 72.3 Å². The maximum atomic E-state index is 13.5. The molecule has 1 atom stereocenters. The van der Waals surface area contributed by atoms with Gasteiger partial charge < -0.3 is 9.84 Å². The SMILES string of the molecule is COc1ccc(C(O)=C2C(=O)C(=O)N(c3nc4ccc(C)cc4s3)[C@H]2c2ccc(C(C)(C)C)cc2)cc1. The van der Waals surface area contributed by atoms with Crippen LogP contribution >= 0.6 is 11.3 Å². The number of ketones is 1. The van der Waals surface area contributed by atoms with Gasteiger partial charge in [0, 0.05) is 5.56 Å². The Kier molecular flexibility index (Phi) is 6.12. The van der Waals surface area contributed by atoms with Crippen molar-refractivity contribution in [3.05, 3.63) is 94.6 Å². The van der Waals surface area contributed by atoms with E-state index in [0.717, 1.165) is 26.9 Å². The van der Waals surface area contributed by atoms with Gasteiger partial charge in [0.05, 0.1) is 28.9 Å². The normalized spacial score (nSPS) is 17.5. The number of amides is 1. The van der Waals surface area contributed by atoms with Gasteiger partial charge in [-0.2, -0.15) is 0 Å². The number of benzene rings is 3. The molecule has 6 nitrogen and oxygen atoms in total. The van der Waals surface area contributed by atoms with E-state index in [-0.39, 0.29) is 16.7 Å². The molecule has 3 aromatic carbocycles. The average molecular weight is 513 g/mol. The minimum atomic E-state index is -0.822. The molecule has 5 rings (SSSR count). The second-order valence-corrected chi connectivity index (χ2v) is 11.2. The van der Waals surface area contributed by atoms with E-state index in [9.17, 15) is 14.7 Å². The molecule has 37 heavy (non-hydrogen) atoms. The summed E-state index contributed by atoms with van der Waals surface area (Å²) in [6.45, 7) is 8.37. The van der Waals surface area contributed by atoms with E-state index in [1.165, 1.54) is 16.2 Å². The maximum Gasteiger partial charge on any atom is 0.301 e. The minimum absolute atomic E-state index is 0.0362. The summed E-state index contributed by atoms with van der Waals surface area (Å²) in [5.41, 5.74) is 4.08. The van der Waals surface area contributed by atoms with Crippen molar-refractivity contribution in [2.24, 2.45) is 0 Å². The summed E-state index contributed by atoms with van der Waals surface area (Å²) in [7, 11) is 1.56. The maximum absolute atomic E-state index is 13.5. The summed E-state index contributed by atoms with van der Waals surface area (Å²) in [6, 6.07) is 19.7. The fourth-order valence-corrected chi connectivity index (χ4v) is 5.63. The zero-order valence-electron chi connectivity index (χ0n) is 21.4. The molecule has 0 unspecified atom stereocenters. The van der Waals surface area contributed by atoms with E-state index in [1.807, 2.05) is 49.4 Å². The van der Waals surface area contributed by atoms with Gasteiger partial charge in [-0.05, 0) is 65.4 Å². The molecule has 2 heterocycles. The molecule has 1 aliphatic rings. The van der Waals surface area contributed by atoms with Crippen LogP contribution in [0.4, 0.5) is 5.13 Å². The van der Waals surface area contributed by atoms with Gasteiger partial charge in [0.25, 0.3) is 5.78 Å². The number of anilines is 1. The lowest BCUT2D eigenvalue weighted by atomic mass is 9.85. The second-order valence-electron chi connectivity index (χ2n) is 10.2. The van der Waals surface area contributed by atoms with Crippen LogP contribution < -0.4 is 9.64 Å². The van der Waals surface area contributed by atoms with Crippen molar-refractivity contribution in [3.63, 3.8) is 0 Å². The van der Waals surface area contributed by atoms with Crippen molar-refractivity contribution in [2.45, 2.75) is 39.2 Å². The number of aliphatic hydroxyl groups excluding tert-OH is 1. The van der Waals surface area contributed by atoms with Crippen molar-refractivity contribution in [3.8, 4) is 5.75 Å². The molecule has 4 aromatic rings. The van der Waals surface area contributed by atoms with Crippen molar-refractivity contribution >= 4 is 44.1 Å². The van der Waals surface area contributed by atoms with Crippen LogP contribution in [0, 0.1) is 6.92 Å². The largest absolute Gasteiger partial charge is 0.507 e. The zero-order chi connectivity index (χ0) is 26.5. The smallest absolute Gasteiger partial charge is 0.301 e. The van der Waals surface area contributed by atoms with E-state index in [4.69, 9.17) is 9.72 Å². The average Bonchev–Trinajstić information content (AvgIpc) is 3.40. The van der Waals surface area contributed by atoms with E-state index in [2.05, 4.69) is 20.8 Å². The number of Topliss-reactive ketones (excluding diaryl/α,β-unsaturated/α-hetero) is 1. The van der Waals surface area contributed by atoms with Gasteiger partial charge in [-0.3, -0.25) is 14.5 Å². The van der Waals surface area contributed by atoms with Gasteiger partial charge >= 0.3 is 5.91 Å². The van der Waals surface area contributed by atoms with Gasteiger partial charge in [-0.1, -0.05) is 62.4 Å². The third kappa shape index (κ3) is 4.40. The highest BCUT2D eigenvalue weighted by Gasteiger charge is 2.48. The molecule has 7 heteroatoms. The minimum Gasteiger partial charge on any atom is -0.507 e. The molecule has 1 aromatic heterocycles. The number of hydrogen-bond acceptors (Lipinski definition) is 6. The number of fused-ring (bicyclic) bond motifs is 1. The molecular weight excluding hydrogens is 484 g/mol. The number of nitrogens with zero attached hydrogens (tertiary/aromatic N) is 2. The molecular formula is C30H28N2O4S. The Balaban J connectivity index is 1.70. The first kappa shape index (κ1) is 24.7. The summed E-state index contributed by atoms with van der Waals surface area (Å²) < 4.78 is 6.14. The van der Waals surface area contributed by atoms with Crippen LogP contribution in [-0.2, 0) is 15.0 Å². The molecule has 1 aliphatic heterocycles. The third-order valence-electron chi connectivity index (χ3n) is 6.64. The van der Waals surface area contributed by atoms with Crippen LogP contribution in [0.5, 0.6) is 5.75 Å². The molecule has 1 amide bonds. The number of aliphatic hydroxyl groups is 1. The van der Waals surface area contributed by atoms with E-state index in [1.54, 1.807) is 31.4 Å². The quantitative estimate of drug-likeness (QED) is 0.191. The summed E-state index contributed by atoms with van der Waals surface area (Å²) in [6.07, 6.45) is 0. The lowest BCUT2D eigenvalue weighted by Gasteiger charge is -2.24. The summed E-state index contributed by atoms with van der Waals surface area (Å²) in [5.74, 6) is -1.06. The number of aromatic nitrogens is 1. The third-order valence-corrected chi connectivity index (χ3v) is 7.66. The zero-order valence-corrected chi connectivity index (χ0v) is 22.2. The summed E-state index contributed by atoms with van der Waals surface area (Å²) in [4.78, 5) is 33.0. The highest BCUT2D eigenvalue weighted by Crippen LogP contribution is 2.44. The fraction of sp³-hybridized carbons (Fsp3) is 0.233. The number of aryl methyl sites for hydroxylation is 1. The van der Waals surface area contributed by atoms with Crippen LogP contribution in [0.25, 0.3) is 16.0 Å². The summed E-state index contributed by atoms with van der Waals surface area (Å²) in [5, 5.41) is 11.8. The number of carbonyl (C=O) groups excluding carboxylic acids is 2. The molecule has 1 N–H and O–H groups in total. The number of thiazole rings is 1. The molecule has 188 valence electrons. The second kappa shape index (κ2) is 9.16. The molecule has 0 aliphatic carbocycles. The molecule has 1 saturated heterocycles. The van der Waals surface area contributed by atoms with Gasteiger partial charge in [-0.25, -0.2) is 4.98 Å². The number of methoxy groups -OCH3 is 1. The fourth-order valence-electron chi connectivity index (χ4n) is 4.54. The summed E-state index contributed by atoms with van der Waals surface area (Å²) >= 11 is 1.36. The molecule has 0 radical (unpaired) electrons. The Bertz CT molecular complexity index is 1540. The molecule has 0 saturated carbocycles. The number of carbonyl (C=O) groups is 2. The van der Waals surface area contributed by atoms with Gasteiger partial charge in [0.15, 0.2) is 5.13 Å². The first-order chi connectivity index (χ1) is 17.6. The Hall–Kier alpha value is -3.97. The van der Waals surface area contributed by atoms with E-state index in [0.29, 0.717) is 16.4 Å². The first-order valence-corrected chi connectivity index (χ1v) is 12.8. The van der Waals surface area contributed by atoms with Gasteiger partial charge in [0.2, 0.25) is 0 Å². The Morgan fingerprint density at radius 3 is 2.30 bits per heavy atom. The van der Waals surface area contributed by atoms with Crippen molar-refractivity contribution in [1.82, 2.24) is 4.98 Å². The van der Waals surface area contributed by atoms with Crippen molar-refractivity contribution in [1.29, 1.82) is 0 Å². The molecule has 1 fully saturated rings. The lowest BCUT2D eigenvalue weighted by molar-refractivity contribution is -0.132. The molecule has 0 bridgehead atoms. The first-order valence-electron chi connectivity index (χ1n) is 12.0. The monoisotopic (exact) mass is 512 g/mol. The number of ether oxygens (including phenoxy) is 1. The van der Waals surface area contributed by atoms with E-state index >= 15 is 0 Å². The van der Waals surface area contributed by atoms with Crippen molar-refractivity contribution in [2.75, 3.05) is 12.0 Å². The highest BCUT2D eigenvalue weighted by molar-refractivity contribution is 7.22. The topological polar surface area (TPSA) is 79.7 Å². The van der Waals surface area contributed by atoms with Crippen molar-refractivity contribution < 1.29 is 19.4 Å². The lowest BCUT2D eigenvalue weighted by Crippen LogP contribution is -2.29. The Morgan fingerprint density at radius 2 is 1.68 bits per heavy atom. The van der Waals surface area contributed by atoms with Gasteiger partial charge in [0.1, 0.15) is 11.5 Å². The number of hydrogen-bond donors (Lipinski definition) is 1. The predicted molar refractivity (Wildman–Crippen MR) is 147 cm³/mol. The van der Waals surface area contributed by atoms with Crippen LogP contribution in [-0.4, -0.2) is 28.9 Å². The van der Waals surface area contributed by atoms with Gasteiger partial charge in [-0.15, -0.1) is 0 Å². The predicted octanol–water partition coefficient (Wildman–Crippen LogP) is 6.54. The Labute approximate surface area is 219 Å². The molecule has 0 spiro atoms. The standard InChI is InChI=1S/C30H28N2O4S/c1-17-6-15-22-23(16-17)37-29(31-22)32-25(18-7-11-20(12-8-18)30(2,3)4)24(27(34)28(32)35)26(33)19-9-13-21(36-5)14-10-19/h6-16,25,33H,1-5H3/t25-/m0/s1. The van der Waals surface area contributed by atoms with Crippen LogP contribution in [0.1, 0.15) is 49.1 Å². The highest BCUT2D eigenvalue weighted by atomic mass is 32.1.